The standard InChI is InChI=1S/C23H28N4O/c1-23(2,28)22-24-13-17(14-25-22)16-8-9-18-20(12-16)27-19(10-11-21(27)26-18)15-6-4-3-5-7-15/h8-9,12-15,19,28H,3-7,10-11H2,1-2H3. The number of aromatic nitrogens is 4. The second-order valence-corrected chi connectivity index (χ2v) is 8.96. The van der Waals surface area contributed by atoms with Gasteiger partial charge in [-0.2, -0.15) is 0 Å². The van der Waals surface area contributed by atoms with Gasteiger partial charge in [0, 0.05) is 30.4 Å². The van der Waals surface area contributed by atoms with Gasteiger partial charge in [-0.15, -0.1) is 0 Å². The van der Waals surface area contributed by atoms with Crippen LogP contribution in [0.4, 0.5) is 0 Å². The van der Waals surface area contributed by atoms with Crippen LogP contribution in [0.2, 0.25) is 0 Å². The summed E-state index contributed by atoms with van der Waals surface area (Å²) in [6.07, 6.45) is 12.8. The molecule has 28 heavy (non-hydrogen) atoms. The maximum absolute atomic E-state index is 10.1. The summed E-state index contributed by atoms with van der Waals surface area (Å²) in [6, 6.07) is 7.07. The Bertz CT molecular complexity index is 994. The van der Waals surface area contributed by atoms with Crippen molar-refractivity contribution in [3.63, 3.8) is 0 Å². The first kappa shape index (κ1) is 17.8. The quantitative estimate of drug-likeness (QED) is 0.714. The number of fused-ring (bicyclic) bond motifs is 3. The largest absolute Gasteiger partial charge is 0.382 e. The van der Waals surface area contributed by atoms with Gasteiger partial charge in [0.05, 0.1) is 11.0 Å². The van der Waals surface area contributed by atoms with E-state index in [9.17, 15) is 5.11 Å². The van der Waals surface area contributed by atoms with Crippen molar-refractivity contribution >= 4 is 11.0 Å². The zero-order chi connectivity index (χ0) is 19.3. The normalized spacial score (nSPS) is 20.6. The molecule has 0 bridgehead atoms. The Kier molecular flexibility index (Phi) is 4.23. The monoisotopic (exact) mass is 376 g/mol. The molecule has 146 valence electrons. The van der Waals surface area contributed by atoms with Crippen LogP contribution < -0.4 is 0 Å². The molecule has 3 heterocycles. The molecule has 1 aliphatic carbocycles. The number of hydrogen-bond donors (Lipinski definition) is 1. The number of aryl methyl sites for hydroxylation is 1. The number of benzene rings is 1. The molecule has 3 aromatic rings. The lowest BCUT2D eigenvalue weighted by Crippen LogP contribution is -2.19. The van der Waals surface area contributed by atoms with Crippen LogP contribution in [0.25, 0.3) is 22.2 Å². The Morgan fingerprint density at radius 2 is 1.75 bits per heavy atom. The summed E-state index contributed by atoms with van der Waals surface area (Å²) in [7, 11) is 0. The van der Waals surface area contributed by atoms with Gasteiger partial charge in [0.25, 0.3) is 0 Å². The van der Waals surface area contributed by atoms with E-state index < -0.39 is 5.60 Å². The second-order valence-electron chi connectivity index (χ2n) is 8.96. The minimum atomic E-state index is -1.03. The van der Waals surface area contributed by atoms with Gasteiger partial charge < -0.3 is 9.67 Å². The van der Waals surface area contributed by atoms with Crippen molar-refractivity contribution in [3.05, 3.63) is 42.2 Å². The molecule has 2 aliphatic rings. The summed E-state index contributed by atoms with van der Waals surface area (Å²) < 4.78 is 2.53. The Morgan fingerprint density at radius 3 is 2.46 bits per heavy atom. The number of imidazole rings is 1. The van der Waals surface area contributed by atoms with Gasteiger partial charge >= 0.3 is 0 Å². The molecule has 0 radical (unpaired) electrons. The number of aliphatic hydroxyl groups is 1. The highest BCUT2D eigenvalue weighted by Crippen LogP contribution is 2.42. The summed E-state index contributed by atoms with van der Waals surface area (Å²) in [5, 5.41) is 10.1. The molecule has 1 aliphatic heterocycles. The molecule has 2 aromatic heterocycles. The third-order valence-electron chi connectivity index (χ3n) is 6.48. The van der Waals surface area contributed by atoms with Crippen molar-refractivity contribution in [3.8, 4) is 11.1 Å². The van der Waals surface area contributed by atoms with Crippen molar-refractivity contribution in [1.82, 2.24) is 19.5 Å². The first-order chi connectivity index (χ1) is 13.5. The van der Waals surface area contributed by atoms with Gasteiger partial charge in [-0.3, -0.25) is 0 Å². The van der Waals surface area contributed by atoms with Crippen LogP contribution in [0, 0.1) is 5.92 Å². The summed E-state index contributed by atoms with van der Waals surface area (Å²) in [4.78, 5) is 13.7. The highest BCUT2D eigenvalue weighted by molar-refractivity contribution is 5.82. The average molecular weight is 377 g/mol. The van der Waals surface area contributed by atoms with E-state index in [1.54, 1.807) is 26.2 Å². The second kappa shape index (κ2) is 6.66. The highest BCUT2D eigenvalue weighted by Gasteiger charge is 2.32. The van der Waals surface area contributed by atoms with Gasteiger partial charge in [0.15, 0.2) is 5.82 Å². The molecule has 0 spiro atoms. The fourth-order valence-electron chi connectivity index (χ4n) is 5.03. The predicted octanol–water partition coefficient (Wildman–Crippen LogP) is 4.79. The van der Waals surface area contributed by atoms with E-state index in [-0.39, 0.29) is 0 Å². The Balaban J connectivity index is 1.53. The number of hydrogen-bond acceptors (Lipinski definition) is 4. The van der Waals surface area contributed by atoms with E-state index in [0.717, 1.165) is 29.0 Å². The van der Waals surface area contributed by atoms with Crippen molar-refractivity contribution in [2.75, 3.05) is 0 Å². The molecular weight excluding hydrogens is 348 g/mol. The summed E-state index contributed by atoms with van der Waals surface area (Å²) >= 11 is 0. The predicted molar refractivity (Wildman–Crippen MR) is 110 cm³/mol. The molecule has 1 fully saturated rings. The van der Waals surface area contributed by atoms with Crippen LogP contribution in [0.15, 0.2) is 30.6 Å². The summed E-state index contributed by atoms with van der Waals surface area (Å²) in [5.74, 6) is 2.49. The molecule has 5 heteroatoms. The van der Waals surface area contributed by atoms with Crippen LogP contribution in [0.5, 0.6) is 0 Å². The zero-order valence-corrected chi connectivity index (χ0v) is 16.7. The molecule has 1 atom stereocenters. The van der Waals surface area contributed by atoms with Crippen molar-refractivity contribution in [2.24, 2.45) is 5.92 Å². The highest BCUT2D eigenvalue weighted by atomic mass is 16.3. The summed E-state index contributed by atoms with van der Waals surface area (Å²) in [5.41, 5.74) is 3.38. The molecule has 5 rings (SSSR count). The van der Waals surface area contributed by atoms with Gasteiger partial charge in [0.2, 0.25) is 0 Å². The first-order valence-electron chi connectivity index (χ1n) is 10.6. The van der Waals surface area contributed by atoms with E-state index >= 15 is 0 Å². The summed E-state index contributed by atoms with van der Waals surface area (Å²) in [6.45, 7) is 3.41. The fraction of sp³-hybridized carbons (Fsp3) is 0.522. The Morgan fingerprint density at radius 1 is 1.00 bits per heavy atom. The molecule has 1 N–H and O–H groups in total. The lowest BCUT2D eigenvalue weighted by molar-refractivity contribution is 0.0687. The molecule has 0 amide bonds. The zero-order valence-electron chi connectivity index (χ0n) is 16.7. The average Bonchev–Trinajstić information content (AvgIpc) is 3.27. The first-order valence-corrected chi connectivity index (χ1v) is 10.6. The van der Waals surface area contributed by atoms with E-state index in [1.807, 2.05) is 0 Å². The van der Waals surface area contributed by atoms with Crippen LogP contribution in [-0.4, -0.2) is 24.6 Å². The SMILES string of the molecule is CC(C)(O)c1ncc(-c2ccc3nc4n(c3c2)C(C2CCCCC2)CC4)cn1. The molecular formula is C23H28N4O. The number of nitrogens with zero attached hydrogens (tertiary/aromatic N) is 4. The lowest BCUT2D eigenvalue weighted by Gasteiger charge is -2.29. The van der Waals surface area contributed by atoms with Gasteiger partial charge in [-0.05, 0) is 56.7 Å². The topological polar surface area (TPSA) is 63.8 Å². The van der Waals surface area contributed by atoms with Crippen molar-refractivity contribution < 1.29 is 5.11 Å². The Hall–Kier alpha value is -2.27. The molecule has 1 aromatic carbocycles. The van der Waals surface area contributed by atoms with Crippen LogP contribution >= 0.6 is 0 Å². The van der Waals surface area contributed by atoms with Crippen LogP contribution in [0.1, 0.15) is 70.1 Å². The van der Waals surface area contributed by atoms with Gasteiger partial charge in [0.1, 0.15) is 11.4 Å². The van der Waals surface area contributed by atoms with Crippen LogP contribution in [0.3, 0.4) is 0 Å². The third-order valence-corrected chi connectivity index (χ3v) is 6.48. The molecule has 0 saturated heterocycles. The van der Waals surface area contributed by atoms with Crippen molar-refractivity contribution in [1.29, 1.82) is 0 Å². The fourth-order valence-corrected chi connectivity index (χ4v) is 5.03. The minimum Gasteiger partial charge on any atom is -0.382 e. The van der Waals surface area contributed by atoms with Gasteiger partial charge in [-0.25, -0.2) is 15.0 Å². The number of rotatable bonds is 3. The van der Waals surface area contributed by atoms with E-state index in [2.05, 4.69) is 32.7 Å². The molecule has 1 saturated carbocycles. The molecule has 1 unspecified atom stereocenters. The lowest BCUT2D eigenvalue weighted by atomic mass is 9.83. The van der Waals surface area contributed by atoms with E-state index in [1.165, 1.54) is 49.9 Å². The Labute approximate surface area is 165 Å². The van der Waals surface area contributed by atoms with Crippen LogP contribution in [-0.2, 0) is 12.0 Å². The minimum absolute atomic E-state index is 0.444. The third kappa shape index (κ3) is 3.02. The van der Waals surface area contributed by atoms with E-state index in [4.69, 9.17) is 4.98 Å². The van der Waals surface area contributed by atoms with Gasteiger partial charge in [-0.1, -0.05) is 25.3 Å². The van der Waals surface area contributed by atoms with Crippen molar-refractivity contribution in [2.45, 2.75) is 70.4 Å². The van der Waals surface area contributed by atoms with E-state index in [0.29, 0.717) is 11.9 Å². The smallest absolute Gasteiger partial charge is 0.159 e. The maximum atomic E-state index is 10.1. The molecule has 5 nitrogen and oxygen atoms in total. The maximum Gasteiger partial charge on any atom is 0.159 e.